The fourth-order valence-corrected chi connectivity index (χ4v) is 5.07. The summed E-state index contributed by atoms with van der Waals surface area (Å²) in [6.07, 6.45) is 0.397. The minimum atomic E-state index is -3.15. The van der Waals surface area contributed by atoms with Crippen molar-refractivity contribution in [2.75, 3.05) is 24.6 Å². The number of carbonyl (C=O) groups is 2. The first-order valence-electron chi connectivity index (χ1n) is 8.96. The summed E-state index contributed by atoms with van der Waals surface area (Å²) in [5.41, 5.74) is 0.963. The number of nitrogens with one attached hydrogen (secondary N) is 1. The van der Waals surface area contributed by atoms with E-state index in [1.54, 1.807) is 53.4 Å². The molecule has 1 unspecified atom stereocenters. The molecule has 28 heavy (non-hydrogen) atoms. The summed E-state index contributed by atoms with van der Waals surface area (Å²) in [6, 6.07) is 14.8. The minimum absolute atomic E-state index is 0.0566. The lowest BCUT2D eigenvalue weighted by molar-refractivity contribution is 0.0691. The molecule has 8 heteroatoms. The molecule has 0 spiro atoms. The van der Waals surface area contributed by atoms with Gasteiger partial charge in [0, 0.05) is 35.3 Å². The zero-order valence-corrected chi connectivity index (χ0v) is 16.7. The van der Waals surface area contributed by atoms with Crippen LogP contribution in [0.15, 0.2) is 54.6 Å². The van der Waals surface area contributed by atoms with Crippen molar-refractivity contribution in [3.05, 3.63) is 70.7 Å². The molecule has 3 rings (SSSR count). The molecule has 1 atom stereocenters. The highest BCUT2D eigenvalue weighted by molar-refractivity contribution is 7.91. The molecular weight excluding hydrogens is 400 g/mol. The molecule has 0 radical (unpaired) electrons. The van der Waals surface area contributed by atoms with Gasteiger partial charge in [-0.3, -0.25) is 9.59 Å². The fraction of sp³-hybridized carbons (Fsp3) is 0.300. The zero-order chi connectivity index (χ0) is 20.1. The highest BCUT2D eigenvalue weighted by atomic mass is 35.5. The monoisotopic (exact) mass is 420 g/mol. The quantitative estimate of drug-likeness (QED) is 0.777. The van der Waals surface area contributed by atoms with Crippen molar-refractivity contribution in [3.63, 3.8) is 0 Å². The van der Waals surface area contributed by atoms with Crippen LogP contribution in [-0.2, 0) is 9.84 Å². The van der Waals surface area contributed by atoms with Crippen LogP contribution >= 0.6 is 11.6 Å². The van der Waals surface area contributed by atoms with E-state index in [2.05, 4.69) is 5.32 Å². The largest absolute Gasteiger partial charge is 0.350 e. The van der Waals surface area contributed by atoms with Crippen molar-refractivity contribution in [1.29, 1.82) is 0 Å². The summed E-state index contributed by atoms with van der Waals surface area (Å²) >= 11 is 5.89. The molecule has 0 aliphatic carbocycles. The summed E-state index contributed by atoms with van der Waals surface area (Å²) in [5, 5.41) is 3.30. The van der Waals surface area contributed by atoms with Crippen molar-refractivity contribution in [2.24, 2.45) is 0 Å². The van der Waals surface area contributed by atoms with Crippen molar-refractivity contribution in [3.8, 4) is 0 Å². The number of rotatable bonds is 6. The predicted octanol–water partition coefficient (Wildman–Crippen LogP) is 2.40. The second-order valence-electron chi connectivity index (χ2n) is 6.68. The Morgan fingerprint density at radius 1 is 1.04 bits per heavy atom. The summed E-state index contributed by atoms with van der Waals surface area (Å²) in [5.74, 6) is -0.497. The van der Waals surface area contributed by atoms with Gasteiger partial charge in [0.1, 0.15) is 0 Å². The maximum atomic E-state index is 13.0. The Morgan fingerprint density at radius 2 is 1.71 bits per heavy atom. The Hall–Kier alpha value is -2.38. The lowest BCUT2D eigenvalue weighted by Gasteiger charge is -2.28. The van der Waals surface area contributed by atoms with Gasteiger partial charge in [-0.25, -0.2) is 8.42 Å². The van der Waals surface area contributed by atoms with Crippen LogP contribution in [0.25, 0.3) is 0 Å². The van der Waals surface area contributed by atoms with Gasteiger partial charge in [-0.2, -0.15) is 0 Å². The summed E-state index contributed by atoms with van der Waals surface area (Å²) in [6.45, 7) is 0.448. The molecule has 6 nitrogen and oxygen atoms in total. The molecule has 1 aliphatic rings. The average molecular weight is 421 g/mol. The van der Waals surface area contributed by atoms with Gasteiger partial charge in [0.25, 0.3) is 11.8 Å². The normalized spacial score (nSPS) is 17.8. The third-order valence-electron chi connectivity index (χ3n) is 4.68. The van der Waals surface area contributed by atoms with Crippen LogP contribution in [0.4, 0.5) is 0 Å². The fourth-order valence-electron chi connectivity index (χ4n) is 3.21. The van der Waals surface area contributed by atoms with Gasteiger partial charge in [-0.05, 0) is 42.8 Å². The molecule has 0 saturated carbocycles. The first-order chi connectivity index (χ1) is 13.4. The van der Waals surface area contributed by atoms with Gasteiger partial charge in [0.05, 0.1) is 11.5 Å². The van der Waals surface area contributed by atoms with E-state index in [0.717, 1.165) is 0 Å². The average Bonchev–Trinajstić information content (AvgIpc) is 3.05. The molecule has 1 N–H and O–H groups in total. The van der Waals surface area contributed by atoms with Crippen molar-refractivity contribution < 1.29 is 18.0 Å². The van der Waals surface area contributed by atoms with E-state index in [1.165, 1.54) is 0 Å². The first kappa shape index (κ1) is 20.4. The van der Waals surface area contributed by atoms with E-state index < -0.39 is 15.9 Å². The van der Waals surface area contributed by atoms with Gasteiger partial charge in [0.2, 0.25) is 0 Å². The van der Waals surface area contributed by atoms with E-state index in [-0.39, 0.29) is 36.4 Å². The topological polar surface area (TPSA) is 83.6 Å². The molecule has 0 aromatic heterocycles. The van der Waals surface area contributed by atoms with Crippen molar-refractivity contribution in [2.45, 2.75) is 12.5 Å². The van der Waals surface area contributed by atoms with Crippen LogP contribution in [0.1, 0.15) is 27.1 Å². The van der Waals surface area contributed by atoms with E-state index in [4.69, 9.17) is 11.6 Å². The Labute approximate surface area is 169 Å². The molecule has 2 aromatic rings. The smallest absolute Gasteiger partial charge is 0.254 e. The number of sulfone groups is 1. The lowest BCUT2D eigenvalue weighted by atomic mass is 10.1. The van der Waals surface area contributed by atoms with Crippen LogP contribution in [0.5, 0.6) is 0 Å². The number of amides is 2. The van der Waals surface area contributed by atoms with Crippen LogP contribution in [0.3, 0.4) is 0 Å². The summed E-state index contributed by atoms with van der Waals surface area (Å²) < 4.78 is 23.8. The molecule has 1 heterocycles. The highest BCUT2D eigenvalue weighted by Gasteiger charge is 2.34. The van der Waals surface area contributed by atoms with Crippen molar-refractivity contribution >= 4 is 33.3 Å². The number of carbonyl (C=O) groups excluding carboxylic acids is 2. The second kappa shape index (κ2) is 8.75. The Morgan fingerprint density at radius 3 is 2.32 bits per heavy atom. The van der Waals surface area contributed by atoms with Crippen molar-refractivity contribution in [1.82, 2.24) is 10.2 Å². The molecule has 148 valence electrons. The van der Waals surface area contributed by atoms with Crippen LogP contribution in [-0.4, -0.2) is 55.8 Å². The summed E-state index contributed by atoms with van der Waals surface area (Å²) in [7, 11) is -3.15. The number of hydrogen-bond donors (Lipinski definition) is 1. The molecule has 1 saturated heterocycles. The van der Waals surface area contributed by atoms with Gasteiger partial charge < -0.3 is 10.2 Å². The second-order valence-corrected chi connectivity index (χ2v) is 9.35. The number of nitrogens with zero attached hydrogens (tertiary/aromatic N) is 1. The molecular formula is C20H21ClN2O4S. The number of benzene rings is 2. The zero-order valence-electron chi connectivity index (χ0n) is 15.2. The molecule has 1 aliphatic heterocycles. The van der Waals surface area contributed by atoms with E-state index in [1.807, 2.05) is 6.07 Å². The van der Waals surface area contributed by atoms with Gasteiger partial charge >= 0.3 is 0 Å². The third-order valence-corrected chi connectivity index (χ3v) is 6.68. The minimum Gasteiger partial charge on any atom is -0.350 e. The Balaban J connectivity index is 1.70. The molecule has 2 aromatic carbocycles. The molecule has 2 amide bonds. The first-order valence-corrected chi connectivity index (χ1v) is 11.2. The van der Waals surface area contributed by atoms with Gasteiger partial charge in [-0.15, -0.1) is 0 Å². The highest BCUT2D eigenvalue weighted by Crippen LogP contribution is 2.20. The molecule has 1 fully saturated rings. The SMILES string of the molecule is O=C(NCCN(C(=O)c1ccc(Cl)cc1)C1CCS(=O)(=O)C1)c1ccccc1. The Bertz CT molecular complexity index is 946. The van der Waals surface area contributed by atoms with Gasteiger partial charge in [-0.1, -0.05) is 29.8 Å². The van der Waals surface area contributed by atoms with Crippen LogP contribution in [0, 0.1) is 0 Å². The van der Waals surface area contributed by atoms with E-state index >= 15 is 0 Å². The Kier molecular flexibility index (Phi) is 6.36. The number of halogens is 1. The van der Waals surface area contributed by atoms with Gasteiger partial charge in [0.15, 0.2) is 9.84 Å². The summed E-state index contributed by atoms with van der Waals surface area (Å²) in [4.78, 5) is 26.7. The van der Waals surface area contributed by atoms with E-state index in [0.29, 0.717) is 22.6 Å². The van der Waals surface area contributed by atoms with Crippen LogP contribution < -0.4 is 5.32 Å². The standard InChI is InChI=1S/C20H21ClN2O4S/c21-17-8-6-16(7-9-17)20(25)23(18-10-13-28(26,27)14-18)12-11-22-19(24)15-4-2-1-3-5-15/h1-9,18H,10-14H2,(H,22,24). The maximum absolute atomic E-state index is 13.0. The third kappa shape index (κ3) is 5.11. The van der Waals surface area contributed by atoms with E-state index in [9.17, 15) is 18.0 Å². The maximum Gasteiger partial charge on any atom is 0.254 e. The number of hydrogen-bond acceptors (Lipinski definition) is 4. The van der Waals surface area contributed by atoms with Crippen LogP contribution in [0.2, 0.25) is 5.02 Å². The predicted molar refractivity (Wildman–Crippen MR) is 108 cm³/mol. The molecule has 0 bridgehead atoms. The lowest BCUT2D eigenvalue weighted by Crippen LogP contribution is -2.45.